The molecule has 138 valence electrons. The van der Waals surface area contributed by atoms with Crippen molar-refractivity contribution < 1.29 is 0 Å². The summed E-state index contributed by atoms with van der Waals surface area (Å²) >= 11 is 6.20. The van der Waals surface area contributed by atoms with Crippen LogP contribution in [0.2, 0.25) is 5.15 Å². The van der Waals surface area contributed by atoms with Gasteiger partial charge >= 0.3 is 0 Å². The largest absolute Gasteiger partial charge is 0.326 e. The van der Waals surface area contributed by atoms with Gasteiger partial charge in [0.2, 0.25) is 5.56 Å². The quantitative estimate of drug-likeness (QED) is 0.521. The number of hydrogen-bond acceptors (Lipinski definition) is 4. The van der Waals surface area contributed by atoms with Crippen molar-refractivity contribution in [1.82, 2.24) is 19.9 Å². The SMILES string of the molecule is O=c1cccc(C(c2cccc(Cl)n2)C(c2cccnc2)c2cccnc2)[nH]1. The molecule has 0 amide bonds. The van der Waals surface area contributed by atoms with Crippen LogP contribution in [0.15, 0.2) is 90.2 Å². The molecule has 0 saturated carbocycles. The third-order valence-corrected chi connectivity index (χ3v) is 4.81. The van der Waals surface area contributed by atoms with Gasteiger partial charge in [-0.1, -0.05) is 35.9 Å². The molecule has 0 bridgehead atoms. The fourth-order valence-electron chi connectivity index (χ4n) is 3.45. The van der Waals surface area contributed by atoms with Gasteiger partial charge in [-0.15, -0.1) is 0 Å². The van der Waals surface area contributed by atoms with Gasteiger partial charge in [-0.05, 0) is 41.5 Å². The molecule has 0 fully saturated rings. The molecule has 0 aromatic carbocycles. The molecule has 0 saturated heterocycles. The molecule has 4 aromatic rings. The standard InChI is InChI=1S/C22H17ClN4O/c23-19-9-1-7-17(26-19)22(18-8-2-10-20(28)27-18)21(15-5-3-11-24-13-15)16-6-4-12-25-14-16/h1-14,21-22H,(H,27,28). The monoisotopic (exact) mass is 388 g/mol. The third kappa shape index (κ3) is 3.85. The summed E-state index contributed by atoms with van der Waals surface area (Å²) in [6.07, 6.45) is 7.13. The molecule has 1 atom stereocenters. The lowest BCUT2D eigenvalue weighted by Gasteiger charge is -2.27. The van der Waals surface area contributed by atoms with Gasteiger partial charge in [-0.2, -0.15) is 0 Å². The summed E-state index contributed by atoms with van der Waals surface area (Å²) < 4.78 is 0. The van der Waals surface area contributed by atoms with Gasteiger partial charge in [0.1, 0.15) is 5.15 Å². The molecule has 0 radical (unpaired) electrons. The van der Waals surface area contributed by atoms with E-state index in [4.69, 9.17) is 11.6 Å². The Morgan fingerprint density at radius 1 is 0.786 bits per heavy atom. The second-order valence-electron chi connectivity index (χ2n) is 6.38. The van der Waals surface area contributed by atoms with Gasteiger partial charge in [0, 0.05) is 42.5 Å². The zero-order valence-corrected chi connectivity index (χ0v) is 15.6. The predicted molar refractivity (Wildman–Crippen MR) is 108 cm³/mol. The Labute approximate surface area is 167 Å². The van der Waals surface area contributed by atoms with Gasteiger partial charge in [-0.25, -0.2) is 4.98 Å². The van der Waals surface area contributed by atoms with Crippen LogP contribution < -0.4 is 5.56 Å². The molecule has 6 heteroatoms. The van der Waals surface area contributed by atoms with Crippen LogP contribution in [0.4, 0.5) is 0 Å². The number of aromatic amines is 1. The van der Waals surface area contributed by atoms with Crippen molar-refractivity contribution in [1.29, 1.82) is 0 Å². The van der Waals surface area contributed by atoms with E-state index in [1.165, 1.54) is 6.07 Å². The van der Waals surface area contributed by atoms with E-state index in [0.717, 1.165) is 22.5 Å². The first kappa shape index (κ1) is 18.1. The van der Waals surface area contributed by atoms with Crippen LogP contribution in [-0.2, 0) is 0 Å². The zero-order valence-electron chi connectivity index (χ0n) is 14.9. The van der Waals surface area contributed by atoms with Crippen LogP contribution in [0.5, 0.6) is 0 Å². The highest BCUT2D eigenvalue weighted by Crippen LogP contribution is 2.41. The van der Waals surface area contributed by atoms with Crippen LogP contribution in [0.1, 0.15) is 34.4 Å². The lowest BCUT2D eigenvalue weighted by atomic mass is 9.78. The first-order valence-electron chi connectivity index (χ1n) is 8.84. The third-order valence-electron chi connectivity index (χ3n) is 4.60. The highest BCUT2D eigenvalue weighted by atomic mass is 35.5. The molecule has 0 aliphatic carbocycles. The minimum atomic E-state index is -0.277. The van der Waals surface area contributed by atoms with Crippen LogP contribution in [-0.4, -0.2) is 19.9 Å². The minimum absolute atomic E-state index is 0.161. The van der Waals surface area contributed by atoms with E-state index in [1.807, 2.05) is 54.9 Å². The summed E-state index contributed by atoms with van der Waals surface area (Å²) in [4.78, 5) is 28.2. The molecule has 5 nitrogen and oxygen atoms in total. The molecule has 4 heterocycles. The van der Waals surface area contributed by atoms with Gasteiger partial charge in [0.05, 0.1) is 11.6 Å². The smallest absolute Gasteiger partial charge is 0.248 e. The fourth-order valence-corrected chi connectivity index (χ4v) is 3.62. The van der Waals surface area contributed by atoms with E-state index < -0.39 is 0 Å². The average Bonchev–Trinajstić information content (AvgIpc) is 2.73. The Morgan fingerprint density at radius 3 is 2.04 bits per heavy atom. The number of hydrogen-bond donors (Lipinski definition) is 1. The van der Waals surface area contributed by atoms with Gasteiger partial charge in [0.15, 0.2) is 0 Å². The highest BCUT2D eigenvalue weighted by molar-refractivity contribution is 6.29. The zero-order chi connectivity index (χ0) is 19.3. The Kier molecular flexibility index (Phi) is 5.26. The molecule has 4 rings (SSSR count). The summed E-state index contributed by atoms with van der Waals surface area (Å²) in [5, 5.41) is 0.400. The number of H-pyrrole nitrogens is 1. The van der Waals surface area contributed by atoms with Crippen molar-refractivity contribution in [3.8, 4) is 0 Å². The second-order valence-corrected chi connectivity index (χ2v) is 6.77. The van der Waals surface area contributed by atoms with Crippen LogP contribution in [0, 0.1) is 0 Å². The van der Waals surface area contributed by atoms with Gasteiger partial charge in [-0.3, -0.25) is 14.8 Å². The second kappa shape index (κ2) is 8.15. The number of pyridine rings is 4. The number of nitrogens with one attached hydrogen (secondary N) is 1. The summed E-state index contributed by atoms with van der Waals surface area (Å²) in [7, 11) is 0. The Morgan fingerprint density at radius 2 is 1.46 bits per heavy atom. The number of rotatable bonds is 5. The van der Waals surface area contributed by atoms with Crippen molar-refractivity contribution in [2.45, 2.75) is 11.8 Å². The van der Waals surface area contributed by atoms with Crippen molar-refractivity contribution in [3.63, 3.8) is 0 Å². The van der Waals surface area contributed by atoms with Gasteiger partial charge in [0.25, 0.3) is 0 Å². The molecule has 1 N–H and O–H groups in total. The highest BCUT2D eigenvalue weighted by Gasteiger charge is 2.30. The maximum Gasteiger partial charge on any atom is 0.248 e. The maximum absolute atomic E-state index is 12.1. The van der Waals surface area contributed by atoms with Crippen LogP contribution >= 0.6 is 11.6 Å². The normalized spacial score (nSPS) is 12.1. The van der Waals surface area contributed by atoms with E-state index in [0.29, 0.717) is 5.15 Å². The Bertz CT molecular complexity index is 1080. The summed E-state index contributed by atoms with van der Waals surface area (Å²) in [6, 6.07) is 18.5. The van der Waals surface area contributed by atoms with Crippen LogP contribution in [0.3, 0.4) is 0 Å². The molecule has 0 aliphatic rings. The first-order chi connectivity index (χ1) is 13.7. The number of nitrogens with zero attached hydrogens (tertiary/aromatic N) is 3. The lowest BCUT2D eigenvalue weighted by Crippen LogP contribution is -2.20. The van der Waals surface area contributed by atoms with Crippen molar-refractivity contribution in [2.24, 2.45) is 0 Å². The number of halogens is 1. The molecule has 4 aromatic heterocycles. The molecule has 0 spiro atoms. The van der Waals surface area contributed by atoms with Crippen LogP contribution in [0.25, 0.3) is 0 Å². The lowest BCUT2D eigenvalue weighted by molar-refractivity contribution is 0.650. The summed E-state index contributed by atoms with van der Waals surface area (Å²) in [5.41, 5.74) is 3.33. The molecule has 1 unspecified atom stereocenters. The minimum Gasteiger partial charge on any atom is -0.326 e. The predicted octanol–water partition coefficient (Wildman–Crippen LogP) is 4.18. The van der Waals surface area contributed by atoms with E-state index in [2.05, 4.69) is 19.9 Å². The van der Waals surface area contributed by atoms with Crippen molar-refractivity contribution in [3.05, 3.63) is 123 Å². The van der Waals surface area contributed by atoms with Crippen molar-refractivity contribution in [2.75, 3.05) is 0 Å². The molecular formula is C22H17ClN4O. The van der Waals surface area contributed by atoms with E-state index in [-0.39, 0.29) is 17.4 Å². The molecule has 0 aliphatic heterocycles. The molecule has 28 heavy (non-hydrogen) atoms. The fraction of sp³-hybridized carbons (Fsp3) is 0.0909. The topological polar surface area (TPSA) is 71.5 Å². The number of aromatic nitrogens is 4. The van der Waals surface area contributed by atoms with E-state index >= 15 is 0 Å². The van der Waals surface area contributed by atoms with Crippen molar-refractivity contribution >= 4 is 11.6 Å². The Balaban J connectivity index is 1.97. The first-order valence-corrected chi connectivity index (χ1v) is 9.22. The van der Waals surface area contributed by atoms with Gasteiger partial charge < -0.3 is 4.98 Å². The van der Waals surface area contributed by atoms with E-state index in [9.17, 15) is 4.79 Å². The Hall–Kier alpha value is -3.31. The maximum atomic E-state index is 12.1. The average molecular weight is 389 g/mol. The van der Waals surface area contributed by atoms with E-state index in [1.54, 1.807) is 24.5 Å². The summed E-state index contributed by atoms with van der Waals surface area (Å²) in [6.45, 7) is 0. The molecular weight excluding hydrogens is 372 g/mol. The summed E-state index contributed by atoms with van der Waals surface area (Å²) in [5.74, 6) is -0.438.